The summed E-state index contributed by atoms with van der Waals surface area (Å²) >= 11 is 6.68. The molecular formula is C30H24N2O2S4. The molecule has 0 aliphatic carbocycles. The van der Waals surface area contributed by atoms with Crippen LogP contribution in [0.2, 0.25) is 0 Å². The molecule has 2 unspecified atom stereocenters. The second-order valence-corrected chi connectivity index (χ2v) is 13.0. The molecule has 8 heteroatoms. The summed E-state index contributed by atoms with van der Waals surface area (Å²) in [5.74, 6) is 0. The summed E-state index contributed by atoms with van der Waals surface area (Å²) in [4.78, 5) is 15.8. The highest BCUT2D eigenvalue weighted by molar-refractivity contribution is 7.21. The van der Waals surface area contributed by atoms with Gasteiger partial charge in [-0.25, -0.2) is 0 Å². The van der Waals surface area contributed by atoms with E-state index in [0.29, 0.717) is 12.8 Å². The lowest BCUT2D eigenvalue weighted by Gasteiger charge is -2.11. The van der Waals surface area contributed by atoms with Gasteiger partial charge in [-0.2, -0.15) is 0 Å². The van der Waals surface area contributed by atoms with Gasteiger partial charge in [-0.3, -0.25) is 9.97 Å². The maximum Gasteiger partial charge on any atom is 0.0922 e. The minimum absolute atomic E-state index is 0.503. The zero-order valence-corrected chi connectivity index (χ0v) is 23.5. The van der Waals surface area contributed by atoms with Crippen molar-refractivity contribution in [1.29, 1.82) is 0 Å². The molecule has 6 heterocycles. The van der Waals surface area contributed by atoms with Crippen LogP contribution in [0.15, 0.2) is 96.0 Å². The Morgan fingerprint density at radius 3 is 1.47 bits per heavy atom. The molecule has 0 fully saturated rings. The van der Waals surface area contributed by atoms with Crippen LogP contribution in [0.4, 0.5) is 0 Å². The lowest BCUT2D eigenvalue weighted by Crippen LogP contribution is -2.02. The van der Waals surface area contributed by atoms with Gasteiger partial charge in [0.15, 0.2) is 0 Å². The van der Waals surface area contributed by atoms with E-state index in [2.05, 4.69) is 45.0 Å². The minimum atomic E-state index is -0.580. The second kappa shape index (κ2) is 11.4. The third-order valence-electron chi connectivity index (χ3n) is 6.21. The Kier molecular flexibility index (Phi) is 7.60. The SMILES string of the molecule is OC(Cc1ccnc(-c2cc(CC(O)c3ccc(-c4cccs4)s3)ccn2)c1)c1ccc(-c2cccs2)s1. The van der Waals surface area contributed by atoms with E-state index in [1.54, 1.807) is 57.7 Å². The molecule has 2 atom stereocenters. The van der Waals surface area contributed by atoms with Crippen molar-refractivity contribution >= 4 is 45.3 Å². The number of aliphatic hydroxyl groups excluding tert-OH is 2. The Hall–Kier alpha value is -2.98. The number of pyridine rings is 2. The fourth-order valence-electron chi connectivity index (χ4n) is 4.30. The lowest BCUT2D eigenvalue weighted by molar-refractivity contribution is 0.182. The highest BCUT2D eigenvalue weighted by Crippen LogP contribution is 2.36. The second-order valence-electron chi connectivity index (χ2n) is 8.90. The van der Waals surface area contributed by atoms with Crippen LogP contribution in [-0.2, 0) is 12.8 Å². The third kappa shape index (κ3) is 5.71. The Morgan fingerprint density at radius 1 is 0.579 bits per heavy atom. The largest absolute Gasteiger partial charge is 0.387 e. The van der Waals surface area contributed by atoms with E-state index < -0.39 is 12.2 Å². The van der Waals surface area contributed by atoms with Crippen LogP contribution in [0.5, 0.6) is 0 Å². The standard InChI is InChI=1S/C30H24N2O2S4/c33-23(25-5-7-29(37-25)27-3-1-13-35-27)17-19-9-11-31-21(15-19)22-16-20(10-12-32-22)18-24(34)26-6-8-30(38-26)28-4-2-14-36-28/h1-16,23-24,33-34H,17-18H2. The molecule has 0 bridgehead atoms. The number of aliphatic hydroxyl groups is 2. The predicted octanol–water partition coefficient (Wildman–Crippen LogP) is 8.28. The first-order valence-corrected chi connectivity index (χ1v) is 15.6. The zero-order chi connectivity index (χ0) is 25.9. The predicted molar refractivity (Wildman–Crippen MR) is 160 cm³/mol. The van der Waals surface area contributed by atoms with Gasteiger partial charge in [0, 0.05) is 54.5 Å². The number of thiophene rings is 4. The van der Waals surface area contributed by atoms with Crippen molar-refractivity contribution in [2.75, 3.05) is 0 Å². The van der Waals surface area contributed by atoms with Crippen LogP contribution in [0, 0.1) is 0 Å². The molecule has 190 valence electrons. The van der Waals surface area contributed by atoms with Crippen LogP contribution in [0.3, 0.4) is 0 Å². The average molecular weight is 573 g/mol. The number of rotatable bonds is 9. The molecule has 6 rings (SSSR count). The lowest BCUT2D eigenvalue weighted by atomic mass is 10.0. The highest BCUT2D eigenvalue weighted by atomic mass is 32.1. The highest BCUT2D eigenvalue weighted by Gasteiger charge is 2.16. The van der Waals surface area contributed by atoms with Crippen LogP contribution in [0.1, 0.15) is 33.1 Å². The van der Waals surface area contributed by atoms with Gasteiger partial charge in [0.25, 0.3) is 0 Å². The number of nitrogens with zero attached hydrogens (tertiary/aromatic N) is 2. The zero-order valence-electron chi connectivity index (χ0n) is 20.2. The van der Waals surface area contributed by atoms with Crippen molar-refractivity contribution in [2.24, 2.45) is 0 Å². The van der Waals surface area contributed by atoms with Gasteiger partial charge in [0.1, 0.15) is 0 Å². The van der Waals surface area contributed by atoms with E-state index in [9.17, 15) is 10.2 Å². The molecule has 4 nitrogen and oxygen atoms in total. The Morgan fingerprint density at radius 2 is 1.05 bits per heavy atom. The molecule has 0 aromatic carbocycles. The van der Waals surface area contributed by atoms with Crippen molar-refractivity contribution in [3.05, 3.63) is 117 Å². The molecule has 0 aliphatic heterocycles. The van der Waals surface area contributed by atoms with E-state index >= 15 is 0 Å². The van der Waals surface area contributed by atoms with Gasteiger partial charge in [-0.1, -0.05) is 12.1 Å². The van der Waals surface area contributed by atoms with Gasteiger partial charge >= 0.3 is 0 Å². The number of aromatic nitrogens is 2. The minimum Gasteiger partial charge on any atom is -0.387 e. The summed E-state index contributed by atoms with van der Waals surface area (Å²) in [6, 6.07) is 24.3. The monoisotopic (exact) mass is 572 g/mol. The average Bonchev–Trinajstić information content (AvgIpc) is 3.76. The van der Waals surface area contributed by atoms with Crippen molar-refractivity contribution in [2.45, 2.75) is 25.0 Å². The molecule has 38 heavy (non-hydrogen) atoms. The summed E-state index contributed by atoms with van der Waals surface area (Å²) in [5.41, 5.74) is 3.52. The van der Waals surface area contributed by atoms with Crippen LogP contribution in [0.25, 0.3) is 30.9 Å². The molecule has 0 saturated heterocycles. The van der Waals surface area contributed by atoms with Crippen molar-refractivity contribution in [3.8, 4) is 30.9 Å². The van der Waals surface area contributed by atoms with Gasteiger partial charge in [0.05, 0.1) is 23.6 Å². The molecular weight excluding hydrogens is 549 g/mol. The van der Waals surface area contributed by atoms with Crippen LogP contribution >= 0.6 is 45.3 Å². The van der Waals surface area contributed by atoms with Crippen molar-refractivity contribution < 1.29 is 10.2 Å². The third-order valence-corrected chi connectivity index (χ3v) is 10.7. The topological polar surface area (TPSA) is 66.2 Å². The maximum absolute atomic E-state index is 10.9. The molecule has 0 saturated carbocycles. The normalized spacial score (nSPS) is 13.0. The number of hydrogen-bond donors (Lipinski definition) is 2. The molecule has 0 amide bonds. The molecule has 2 N–H and O–H groups in total. The molecule has 0 spiro atoms. The fourth-order valence-corrected chi connectivity index (χ4v) is 7.95. The Labute approximate surface area is 237 Å². The smallest absolute Gasteiger partial charge is 0.0922 e. The quantitative estimate of drug-likeness (QED) is 0.183. The van der Waals surface area contributed by atoms with E-state index in [0.717, 1.165) is 32.3 Å². The van der Waals surface area contributed by atoms with E-state index in [-0.39, 0.29) is 0 Å². The summed E-state index contributed by atoms with van der Waals surface area (Å²) in [7, 11) is 0. The fraction of sp³-hybridized carbons (Fsp3) is 0.133. The molecule has 6 aromatic rings. The molecule has 0 aliphatic rings. The summed E-state index contributed by atoms with van der Waals surface area (Å²) < 4.78 is 0. The van der Waals surface area contributed by atoms with Gasteiger partial charge in [0.2, 0.25) is 0 Å². The summed E-state index contributed by atoms with van der Waals surface area (Å²) in [6.45, 7) is 0. The number of hydrogen-bond acceptors (Lipinski definition) is 8. The molecule has 6 aromatic heterocycles. The van der Waals surface area contributed by atoms with E-state index in [4.69, 9.17) is 0 Å². The Balaban J connectivity index is 1.14. The van der Waals surface area contributed by atoms with Crippen molar-refractivity contribution in [3.63, 3.8) is 0 Å². The van der Waals surface area contributed by atoms with Gasteiger partial charge < -0.3 is 10.2 Å². The maximum atomic E-state index is 10.9. The van der Waals surface area contributed by atoms with Crippen LogP contribution < -0.4 is 0 Å². The Bertz CT molecular complexity index is 1500. The first-order valence-electron chi connectivity index (χ1n) is 12.2. The summed E-state index contributed by atoms with van der Waals surface area (Å²) in [6.07, 6.45) is 3.38. The van der Waals surface area contributed by atoms with E-state index in [1.807, 2.05) is 48.5 Å². The summed E-state index contributed by atoms with van der Waals surface area (Å²) in [5, 5.41) is 26.0. The first kappa shape index (κ1) is 25.3. The van der Waals surface area contributed by atoms with E-state index in [1.165, 1.54) is 19.5 Å². The van der Waals surface area contributed by atoms with Crippen LogP contribution in [-0.4, -0.2) is 20.2 Å². The van der Waals surface area contributed by atoms with Gasteiger partial charge in [-0.05, 0) is 82.6 Å². The molecule has 0 radical (unpaired) electrons. The van der Waals surface area contributed by atoms with Crippen molar-refractivity contribution in [1.82, 2.24) is 9.97 Å². The van der Waals surface area contributed by atoms with Gasteiger partial charge in [-0.15, -0.1) is 45.3 Å². The first-order chi connectivity index (χ1) is 18.6.